The standard InChI is InChI=1S/C27H31NO/c1-21-9-5-6-13-24(21)20-29-27-16-15-23-12-7-8-14-25(23)26(27)19-28-18-17-22-10-3-2-4-11-22/h5-10,12-16,28H,2-4,11,17-20H2,1H3. The highest BCUT2D eigenvalue weighted by molar-refractivity contribution is 5.87. The third-order valence-electron chi connectivity index (χ3n) is 5.95. The Kier molecular flexibility index (Phi) is 6.63. The Hall–Kier alpha value is -2.58. The molecule has 3 aromatic rings. The van der Waals surface area contributed by atoms with Crippen molar-refractivity contribution in [2.24, 2.45) is 0 Å². The van der Waals surface area contributed by atoms with Gasteiger partial charge in [0.05, 0.1) is 0 Å². The Morgan fingerprint density at radius 3 is 2.66 bits per heavy atom. The molecule has 29 heavy (non-hydrogen) atoms. The second-order valence-electron chi connectivity index (χ2n) is 8.01. The molecule has 0 amide bonds. The zero-order valence-electron chi connectivity index (χ0n) is 17.4. The number of nitrogens with one attached hydrogen (secondary N) is 1. The van der Waals surface area contributed by atoms with Gasteiger partial charge >= 0.3 is 0 Å². The van der Waals surface area contributed by atoms with Gasteiger partial charge in [-0.25, -0.2) is 0 Å². The van der Waals surface area contributed by atoms with Gasteiger partial charge in [-0.2, -0.15) is 0 Å². The first-order valence-corrected chi connectivity index (χ1v) is 10.9. The predicted octanol–water partition coefficient (Wildman–Crippen LogP) is 6.71. The summed E-state index contributed by atoms with van der Waals surface area (Å²) in [6, 6.07) is 21.3. The van der Waals surface area contributed by atoms with Crippen LogP contribution >= 0.6 is 0 Å². The maximum Gasteiger partial charge on any atom is 0.124 e. The lowest BCUT2D eigenvalue weighted by Gasteiger charge is -2.17. The molecule has 1 aliphatic carbocycles. The van der Waals surface area contributed by atoms with Crippen LogP contribution in [0.4, 0.5) is 0 Å². The van der Waals surface area contributed by atoms with Crippen LogP contribution in [0.3, 0.4) is 0 Å². The zero-order valence-corrected chi connectivity index (χ0v) is 17.4. The number of benzene rings is 3. The van der Waals surface area contributed by atoms with E-state index >= 15 is 0 Å². The minimum absolute atomic E-state index is 0.602. The van der Waals surface area contributed by atoms with Gasteiger partial charge < -0.3 is 10.1 Å². The summed E-state index contributed by atoms with van der Waals surface area (Å²) in [7, 11) is 0. The third-order valence-corrected chi connectivity index (χ3v) is 5.95. The van der Waals surface area contributed by atoms with Crippen LogP contribution in [-0.2, 0) is 13.2 Å². The highest BCUT2D eigenvalue weighted by Crippen LogP contribution is 2.29. The molecule has 0 aromatic heterocycles. The quantitative estimate of drug-likeness (QED) is 0.344. The second-order valence-corrected chi connectivity index (χ2v) is 8.01. The highest BCUT2D eigenvalue weighted by Gasteiger charge is 2.10. The van der Waals surface area contributed by atoms with Crippen molar-refractivity contribution in [3.63, 3.8) is 0 Å². The first-order chi connectivity index (χ1) is 14.3. The van der Waals surface area contributed by atoms with Crippen molar-refractivity contribution >= 4 is 10.8 Å². The molecule has 0 unspecified atom stereocenters. The number of allylic oxidation sites excluding steroid dienone is 1. The van der Waals surface area contributed by atoms with Gasteiger partial charge in [-0.1, -0.05) is 66.2 Å². The van der Waals surface area contributed by atoms with Gasteiger partial charge in [0, 0.05) is 12.1 Å². The number of hydrogen-bond donors (Lipinski definition) is 1. The lowest BCUT2D eigenvalue weighted by Crippen LogP contribution is -2.17. The van der Waals surface area contributed by atoms with Crippen molar-refractivity contribution < 1.29 is 4.74 Å². The second kappa shape index (κ2) is 9.76. The van der Waals surface area contributed by atoms with E-state index in [-0.39, 0.29) is 0 Å². The summed E-state index contributed by atoms with van der Waals surface area (Å²) in [6.45, 7) is 4.59. The molecule has 0 saturated carbocycles. The smallest absolute Gasteiger partial charge is 0.124 e. The number of fused-ring (bicyclic) bond motifs is 1. The van der Waals surface area contributed by atoms with Gasteiger partial charge in [0.1, 0.15) is 12.4 Å². The molecule has 0 aliphatic heterocycles. The number of hydrogen-bond acceptors (Lipinski definition) is 2. The molecule has 2 nitrogen and oxygen atoms in total. The minimum Gasteiger partial charge on any atom is -0.489 e. The summed E-state index contributed by atoms with van der Waals surface area (Å²) in [5.74, 6) is 0.983. The van der Waals surface area contributed by atoms with Crippen LogP contribution in [0.2, 0.25) is 0 Å². The molecule has 0 bridgehead atoms. The molecule has 2 heteroatoms. The average Bonchev–Trinajstić information content (AvgIpc) is 2.77. The van der Waals surface area contributed by atoms with Crippen molar-refractivity contribution in [3.05, 3.63) is 89.0 Å². The molecule has 0 radical (unpaired) electrons. The van der Waals surface area contributed by atoms with Gasteiger partial charge in [0.15, 0.2) is 0 Å². The monoisotopic (exact) mass is 385 g/mol. The predicted molar refractivity (Wildman–Crippen MR) is 122 cm³/mol. The summed E-state index contributed by atoms with van der Waals surface area (Å²) < 4.78 is 6.31. The SMILES string of the molecule is Cc1ccccc1COc1ccc2ccccc2c1CNCCC1=CCCCC1. The molecule has 1 N–H and O–H groups in total. The van der Waals surface area contributed by atoms with Crippen LogP contribution in [0.15, 0.2) is 72.3 Å². The van der Waals surface area contributed by atoms with Crippen LogP contribution in [-0.4, -0.2) is 6.54 Å². The van der Waals surface area contributed by atoms with Gasteiger partial charge in [-0.3, -0.25) is 0 Å². The third kappa shape index (κ3) is 5.07. The Bertz CT molecular complexity index is 989. The Morgan fingerprint density at radius 2 is 1.79 bits per heavy atom. The van der Waals surface area contributed by atoms with E-state index in [9.17, 15) is 0 Å². The van der Waals surface area contributed by atoms with Crippen molar-refractivity contribution in [1.29, 1.82) is 0 Å². The van der Waals surface area contributed by atoms with E-state index in [0.717, 1.165) is 25.3 Å². The fraction of sp³-hybridized carbons (Fsp3) is 0.333. The maximum atomic E-state index is 6.31. The number of rotatable bonds is 8. The van der Waals surface area contributed by atoms with Crippen LogP contribution in [0.25, 0.3) is 10.8 Å². The summed E-state index contributed by atoms with van der Waals surface area (Å²) in [6.07, 6.45) is 8.85. The van der Waals surface area contributed by atoms with Crippen LogP contribution < -0.4 is 10.1 Å². The lowest BCUT2D eigenvalue weighted by atomic mass is 9.97. The van der Waals surface area contributed by atoms with E-state index in [1.807, 2.05) is 0 Å². The van der Waals surface area contributed by atoms with Crippen LogP contribution in [0.1, 0.15) is 48.8 Å². The molecule has 0 heterocycles. The largest absolute Gasteiger partial charge is 0.489 e. The maximum absolute atomic E-state index is 6.31. The van der Waals surface area contributed by atoms with E-state index in [2.05, 4.69) is 79.0 Å². The molecule has 3 aromatic carbocycles. The summed E-state index contributed by atoms with van der Waals surface area (Å²) in [4.78, 5) is 0. The first kappa shape index (κ1) is 19.7. The molecule has 0 atom stereocenters. The zero-order chi connectivity index (χ0) is 19.9. The topological polar surface area (TPSA) is 21.3 Å². The lowest BCUT2D eigenvalue weighted by molar-refractivity contribution is 0.302. The Balaban J connectivity index is 1.48. The molecule has 0 fully saturated rings. The van der Waals surface area contributed by atoms with Crippen LogP contribution in [0.5, 0.6) is 5.75 Å². The first-order valence-electron chi connectivity index (χ1n) is 10.9. The van der Waals surface area contributed by atoms with E-state index in [0.29, 0.717) is 6.61 Å². The van der Waals surface area contributed by atoms with Gasteiger partial charge in [-0.05, 0) is 73.5 Å². The van der Waals surface area contributed by atoms with E-state index < -0.39 is 0 Å². The molecular formula is C27H31NO. The molecule has 0 spiro atoms. The van der Waals surface area contributed by atoms with Crippen molar-refractivity contribution in [3.8, 4) is 5.75 Å². The fourth-order valence-corrected chi connectivity index (χ4v) is 4.16. The van der Waals surface area contributed by atoms with Gasteiger partial charge in [0.2, 0.25) is 0 Å². The van der Waals surface area contributed by atoms with Gasteiger partial charge in [0.25, 0.3) is 0 Å². The fourth-order valence-electron chi connectivity index (χ4n) is 4.16. The Labute approximate surface area is 174 Å². The molecule has 4 rings (SSSR count). The normalized spacial score (nSPS) is 14.0. The van der Waals surface area contributed by atoms with E-state index in [4.69, 9.17) is 4.74 Å². The van der Waals surface area contributed by atoms with Crippen LogP contribution in [0, 0.1) is 6.92 Å². The molecule has 150 valence electrons. The van der Waals surface area contributed by atoms with Crippen molar-refractivity contribution in [2.45, 2.75) is 52.2 Å². The number of ether oxygens (including phenoxy) is 1. The molecular weight excluding hydrogens is 354 g/mol. The Morgan fingerprint density at radius 1 is 0.931 bits per heavy atom. The molecule has 0 saturated heterocycles. The summed E-state index contributed by atoms with van der Waals surface area (Å²) in [5, 5.41) is 6.21. The minimum atomic E-state index is 0.602. The van der Waals surface area contributed by atoms with Gasteiger partial charge in [-0.15, -0.1) is 0 Å². The average molecular weight is 386 g/mol. The highest BCUT2D eigenvalue weighted by atomic mass is 16.5. The van der Waals surface area contributed by atoms with Crippen molar-refractivity contribution in [2.75, 3.05) is 6.54 Å². The molecule has 1 aliphatic rings. The summed E-state index contributed by atoms with van der Waals surface area (Å²) >= 11 is 0. The van der Waals surface area contributed by atoms with E-state index in [1.165, 1.54) is 53.1 Å². The number of aryl methyl sites for hydroxylation is 1. The van der Waals surface area contributed by atoms with Crippen molar-refractivity contribution in [1.82, 2.24) is 5.32 Å². The van der Waals surface area contributed by atoms with E-state index in [1.54, 1.807) is 5.57 Å². The summed E-state index contributed by atoms with van der Waals surface area (Å²) in [5.41, 5.74) is 5.39.